The average Bonchev–Trinajstić information content (AvgIpc) is 2.03. The van der Waals surface area contributed by atoms with Gasteiger partial charge in [-0.2, -0.15) is 0 Å². The molecule has 0 aliphatic carbocycles. The van der Waals surface area contributed by atoms with Crippen LogP contribution in [0.15, 0.2) is 16.9 Å². The number of alkyl halides is 2. The van der Waals surface area contributed by atoms with Crippen molar-refractivity contribution in [2.75, 3.05) is 7.11 Å². The Hall–Kier alpha value is -1.39. The fourth-order valence-corrected chi connectivity index (χ4v) is 0.766. The summed E-state index contributed by atoms with van der Waals surface area (Å²) in [5.74, 6) is 0.0396. The molecule has 0 aromatic carbocycles. The number of aromatic nitrogens is 1. The summed E-state index contributed by atoms with van der Waals surface area (Å²) in [6.07, 6.45) is -2.69. The Morgan fingerprint density at radius 3 is 2.67 bits per heavy atom. The first kappa shape index (κ1) is 8.70. The molecule has 0 bridgehead atoms. The van der Waals surface area contributed by atoms with Gasteiger partial charge in [0.25, 0.3) is 6.43 Å². The maximum absolute atomic E-state index is 12.0. The molecular formula is C7H7F2NO2. The van der Waals surface area contributed by atoms with Crippen molar-refractivity contribution in [1.29, 1.82) is 0 Å². The fraction of sp³-hybridized carbons (Fsp3) is 0.286. The number of pyridine rings is 1. The van der Waals surface area contributed by atoms with Crippen LogP contribution in [-0.2, 0) is 0 Å². The van der Waals surface area contributed by atoms with Crippen LogP contribution in [0.5, 0.6) is 5.88 Å². The van der Waals surface area contributed by atoms with Crippen molar-refractivity contribution in [3.8, 4) is 5.88 Å². The second-order valence-corrected chi connectivity index (χ2v) is 2.14. The van der Waals surface area contributed by atoms with Crippen LogP contribution in [0.2, 0.25) is 0 Å². The molecule has 1 heterocycles. The first-order valence-corrected chi connectivity index (χ1v) is 3.20. The molecule has 0 unspecified atom stereocenters. The molecule has 1 rings (SSSR count). The summed E-state index contributed by atoms with van der Waals surface area (Å²) in [6, 6.07) is 1.94. The largest absolute Gasteiger partial charge is 0.482 e. The van der Waals surface area contributed by atoms with E-state index in [9.17, 15) is 13.6 Å². The van der Waals surface area contributed by atoms with Gasteiger partial charge < -0.3 is 9.72 Å². The highest BCUT2D eigenvalue weighted by Gasteiger charge is 2.09. The smallest absolute Gasteiger partial charge is 0.278 e. The third-order valence-electron chi connectivity index (χ3n) is 1.29. The highest BCUT2D eigenvalue weighted by atomic mass is 19.3. The SMILES string of the molecule is COc1cc(=O)cc(C(F)F)[nH]1. The van der Waals surface area contributed by atoms with Gasteiger partial charge in [0.15, 0.2) is 11.3 Å². The molecule has 0 aliphatic rings. The molecule has 0 atom stereocenters. The van der Waals surface area contributed by atoms with Crippen molar-refractivity contribution in [3.05, 3.63) is 28.0 Å². The second-order valence-electron chi connectivity index (χ2n) is 2.14. The molecule has 12 heavy (non-hydrogen) atoms. The van der Waals surface area contributed by atoms with Gasteiger partial charge in [0, 0.05) is 12.1 Å². The lowest BCUT2D eigenvalue weighted by atomic mass is 10.3. The van der Waals surface area contributed by atoms with Gasteiger partial charge in [-0.15, -0.1) is 0 Å². The third-order valence-corrected chi connectivity index (χ3v) is 1.29. The Balaban J connectivity index is 3.15. The van der Waals surface area contributed by atoms with E-state index in [0.717, 1.165) is 12.1 Å². The number of aromatic amines is 1. The lowest BCUT2D eigenvalue weighted by Crippen LogP contribution is -2.04. The first-order chi connectivity index (χ1) is 5.63. The molecular weight excluding hydrogens is 168 g/mol. The monoisotopic (exact) mass is 175 g/mol. The number of H-pyrrole nitrogens is 1. The summed E-state index contributed by atoms with van der Waals surface area (Å²) in [7, 11) is 1.29. The van der Waals surface area contributed by atoms with Crippen LogP contribution in [0, 0.1) is 0 Å². The van der Waals surface area contributed by atoms with Crippen LogP contribution in [-0.4, -0.2) is 12.1 Å². The van der Waals surface area contributed by atoms with E-state index in [0.29, 0.717) is 0 Å². The lowest BCUT2D eigenvalue weighted by Gasteiger charge is -2.02. The molecule has 1 aromatic rings. The maximum Gasteiger partial charge on any atom is 0.278 e. The number of hydrogen-bond donors (Lipinski definition) is 1. The van der Waals surface area contributed by atoms with Crippen LogP contribution >= 0.6 is 0 Å². The average molecular weight is 175 g/mol. The zero-order chi connectivity index (χ0) is 9.14. The summed E-state index contributed by atoms with van der Waals surface area (Å²) < 4.78 is 28.7. The molecule has 3 nitrogen and oxygen atoms in total. The topological polar surface area (TPSA) is 42.1 Å². The van der Waals surface area contributed by atoms with Crippen LogP contribution in [0.25, 0.3) is 0 Å². The summed E-state index contributed by atoms with van der Waals surface area (Å²) >= 11 is 0. The predicted molar refractivity (Wildman–Crippen MR) is 38.6 cm³/mol. The quantitative estimate of drug-likeness (QED) is 0.736. The minimum Gasteiger partial charge on any atom is -0.482 e. The fourth-order valence-electron chi connectivity index (χ4n) is 0.766. The Bertz CT molecular complexity index is 321. The molecule has 0 radical (unpaired) electrons. The van der Waals surface area contributed by atoms with E-state index in [2.05, 4.69) is 9.72 Å². The molecule has 0 saturated carbocycles. The van der Waals surface area contributed by atoms with E-state index in [1.54, 1.807) is 0 Å². The first-order valence-electron chi connectivity index (χ1n) is 3.20. The molecule has 1 N–H and O–H groups in total. The van der Waals surface area contributed by atoms with E-state index in [4.69, 9.17) is 0 Å². The van der Waals surface area contributed by atoms with Gasteiger partial charge in [-0.05, 0) is 0 Å². The number of methoxy groups -OCH3 is 1. The minimum absolute atomic E-state index is 0.0396. The number of rotatable bonds is 2. The van der Waals surface area contributed by atoms with Crippen molar-refractivity contribution in [3.63, 3.8) is 0 Å². The van der Waals surface area contributed by atoms with Gasteiger partial charge >= 0.3 is 0 Å². The maximum atomic E-state index is 12.0. The van der Waals surface area contributed by atoms with Crippen LogP contribution < -0.4 is 10.2 Å². The number of hydrogen-bond acceptors (Lipinski definition) is 2. The summed E-state index contributed by atoms with van der Waals surface area (Å²) in [6.45, 7) is 0. The minimum atomic E-state index is -2.69. The zero-order valence-corrected chi connectivity index (χ0v) is 6.30. The standard InChI is InChI=1S/C7H7F2NO2/c1-12-6-3-4(11)2-5(10-6)7(8)9/h2-3,7H,1H3,(H,10,11). The normalized spacial score (nSPS) is 10.3. The number of ether oxygens (including phenoxy) is 1. The Morgan fingerprint density at radius 2 is 2.17 bits per heavy atom. The highest BCUT2D eigenvalue weighted by Crippen LogP contribution is 2.16. The van der Waals surface area contributed by atoms with E-state index >= 15 is 0 Å². The second kappa shape index (κ2) is 3.34. The van der Waals surface area contributed by atoms with Crippen molar-refractivity contribution >= 4 is 0 Å². The molecule has 0 fully saturated rings. The summed E-state index contributed by atoms with van der Waals surface area (Å²) in [4.78, 5) is 13.0. The lowest BCUT2D eigenvalue weighted by molar-refractivity contribution is 0.145. The van der Waals surface area contributed by atoms with E-state index < -0.39 is 17.5 Å². The van der Waals surface area contributed by atoms with Gasteiger partial charge in [0.05, 0.1) is 12.8 Å². The summed E-state index contributed by atoms with van der Waals surface area (Å²) in [5, 5.41) is 0. The van der Waals surface area contributed by atoms with Gasteiger partial charge in [-0.1, -0.05) is 0 Å². The van der Waals surface area contributed by atoms with Crippen molar-refractivity contribution in [2.24, 2.45) is 0 Å². The van der Waals surface area contributed by atoms with Gasteiger partial charge in [0.1, 0.15) is 0 Å². The molecule has 1 aromatic heterocycles. The van der Waals surface area contributed by atoms with E-state index in [-0.39, 0.29) is 5.88 Å². The van der Waals surface area contributed by atoms with Crippen LogP contribution in [0.3, 0.4) is 0 Å². The summed E-state index contributed by atoms with van der Waals surface area (Å²) in [5.41, 5.74) is -0.930. The van der Waals surface area contributed by atoms with Crippen molar-refractivity contribution in [1.82, 2.24) is 4.98 Å². The number of nitrogens with one attached hydrogen (secondary N) is 1. The molecule has 66 valence electrons. The molecule has 0 saturated heterocycles. The molecule has 0 aliphatic heterocycles. The van der Waals surface area contributed by atoms with E-state index in [1.165, 1.54) is 7.11 Å². The molecule has 0 amide bonds. The van der Waals surface area contributed by atoms with Crippen molar-refractivity contribution in [2.45, 2.75) is 6.43 Å². The molecule has 5 heteroatoms. The zero-order valence-electron chi connectivity index (χ0n) is 6.30. The Labute approximate surface area is 67.0 Å². The Morgan fingerprint density at radius 1 is 1.50 bits per heavy atom. The Kier molecular flexibility index (Phi) is 2.42. The molecule has 0 spiro atoms. The van der Waals surface area contributed by atoms with Crippen LogP contribution in [0.1, 0.15) is 12.1 Å². The van der Waals surface area contributed by atoms with Gasteiger partial charge in [-0.3, -0.25) is 4.79 Å². The third kappa shape index (κ3) is 1.81. The number of halogens is 2. The predicted octanol–water partition coefficient (Wildman–Crippen LogP) is 1.32. The van der Waals surface area contributed by atoms with Crippen LogP contribution in [0.4, 0.5) is 8.78 Å². The van der Waals surface area contributed by atoms with E-state index in [1.807, 2.05) is 0 Å². The van der Waals surface area contributed by atoms with Gasteiger partial charge in [-0.25, -0.2) is 8.78 Å². The van der Waals surface area contributed by atoms with Crippen molar-refractivity contribution < 1.29 is 13.5 Å². The highest BCUT2D eigenvalue weighted by molar-refractivity contribution is 5.16. The van der Waals surface area contributed by atoms with Gasteiger partial charge in [0.2, 0.25) is 0 Å².